The minimum atomic E-state index is -2.78. The van der Waals surface area contributed by atoms with Crippen molar-refractivity contribution < 1.29 is 14.0 Å². The summed E-state index contributed by atoms with van der Waals surface area (Å²) in [6.45, 7) is 7.20. The number of para-hydroxylation sites is 2. The average molecular weight is 624 g/mol. The van der Waals surface area contributed by atoms with E-state index in [1.807, 2.05) is 60.7 Å². The van der Waals surface area contributed by atoms with E-state index in [2.05, 4.69) is 106 Å². The van der Waals surface area contributed by atoms with E-state index in [1.165, 1.54) is 27.1 Å². The fraction of sp³-hybridized carbons (Fsp3) is 0.195. The van der Waals surface area contributed by atoms with Gasteiger partial charge in [-0.05, 0) is 69.7 Å². The number of allylic oxidation sites excluding steroid dienone is 1. The first-order valence-electron chi connectivity index (χ1n) is 16.1. The van der Waals surface area contributed by atoms with Gasteiger partial charge in [-0.3, -0.25) is 0 Å². The lowest BCUT2D eigenvalue weighted by molar-refractivity contribution is 0.159. The second kappa shape index (κ2) is 13.6. The number of rotatable bonds is 9. The second-order valence-electron chi connectivity index (χ2n) is 12.7. The van der Waals surface area contributed by atoms with E-state index in [0.717, 1.165) is 30.0 Å². The van der Waals surface area contributed by atoms with Crippen LogP contribution in [0.25, 0.3) is 5.57 Å². The van der Waals surface area contributed by atoms with Crippen molar-refractivity contribution in [2.45, 2.75) is 45.1 Å². The van der Waals surface area contributed by atoms with Crippen molar-refractivity contribution >= 4 is 41.7 Å². The van der Waals surface area contributed by atoms with Crippen LogP contribution in [0.3, 0.4) is 0 Å². The summed E-state index contributed by atoms with van der Waals surface area (Å²) in [5.74, 6) is 0.953. The molecule has 0 radical (unpaired) electrons. The number of hydrogen-bond donors (Lipinski definition) is 0. The third kappa shape index (κ3) is 6.29. The molecule has 0 bridgehead atoms. The normalized spacial score (nSPS) is 12.9. The number of nitrogens with zero attached hydrogens (tertiary/aromatic N) is 1. The van der Waals surface area contributed by atoms with Crippen molar-refractivity contribution in [1.29, 1.82) is 0 Å². The Kier molecular flexibility index (Phi) is 9.22. The maximum absolute atomic E-state index is 13.5. The molecular weight excluding hydrogens is 583 g/mol. The van der Waals surface area contributed by atoms with Crippen LogP contribution in [-0.4, -0.2) is 21.0 Å². The highest BCUT2D eigenvalue weighted by molar-refractivity contribution is 7.00. The van der Waals surface area contributed by atoms with E-state index in [-0.39, 0.29) is 11.6 Å². The first-order valence-corrected chi connectivity index (χ1v) is 18.0. The van der Waals surface area contributed by atoms with Crippen LogP contribution in [0, 0.1) is 0 Å². The summed E-state index contributed by atoms with van der Waals surface area (Å²) in [7, 11) is -2.78. The maximum Gasteiger partial charge on any atom is 0.418 e. The predicted octanol–water partition coefficient (Wildman–Crippen LogP) is 9.32. The van der Waals surface area contributed by atoms with Gasteiger partial charge in [0, 0.05) is 12.0 Å². The Morgan fingerprint density at radius 3 is 1.74 bits per heavy atom. The second-order valence-corrected chi connectivity index (χ2v) is 16.9. The molecule has 0 fully saturated rings. The summed E-state index contributed by atoms with van der Waals surface area (Å²) < 4.78 is 13.4. The molecule has 46 heavy (non-hydrogen) atoms. The van der Waals surface area contributed by atoms with E-state index >= 15 is 0 Å². The first kappa shape index (κ1) is 31.1. The Hall–Kier alpha value is -4.87. The molecule has 0 heterocycles. The molecule has 232 valence electrons. The van der Waals surface area contributed by atoms with E-state index in [4.69, 9.17) is 9.16 Å². The first-order chi connectivity index (χ1) is 22.4. The molecule has 0 saturated carbocycles. The molecule has 5 aromatic rings. The lowest BCUT2D eigenvalue weighted by atomic mass is 9.89. The Morgan fingerprint density at radius 2 is 1.22 bits per heavy atom. The molecule has 1 aliphatic carbocycles. The molecule has 0 unspecified atom stereocenters. The van der Waals surface area contributed by atoms with Gasteiger partial charge in [0.05, 0.1) is 18.0 Å². The minimum Gasteiger partial charge on any atom is -0.534 e. The molecule has 1 amide bonds. The summed E-state index contributed by atoms with van der Waals surface area (Å²) in [6.07, 6.45) is 4.34. The monoisotopic (exact) mass is 623 g/mol. The Bertz CT molecular complexity index is 1700. The molecule has 1 aliphatic rings. The van der Waals surface area contributed by atoms with Gasteiger partial charge in [-0.25, -0.2) is 9.69 Å². The largest absolute Gasteiger partial charge is 0.534 e. The molecule has 4 nitrogen and oxygen atoms in total. The third-order valence-corrected chi connectivity index (χ3v) is 13.7. The van der Waals surface area contributed by atoms with Crippen LogP contribution in [0.1, 0.15) is 44.7 Å². The van der Waals surface area contributed by atoms with Crippen LogP contribution in [0.5, 0.6) is 5.75 Å². The highest BCUT2D eigenvalue weighted by Crippen LogP contribution is 2.41. The molecule has 5 aromatic carbocycles. The molecule has 0 spiro atoms. The number of carbonyl (C=O) groups is 1. The molecule has 0 aliphatic heterocycles. The molecule has 6 rings (SSSR count). The number of hydrogen-bond acceptors (Lipinski definition) is 3. The van der Waals surface area contributed by atoms with E-state index < -0.39 is 14.4 Å². The summed E-state index contributed by atoms with van der Waals surface area (Å²) >= 11 is 0. The standard InChI is InChI=1S/C41H41NO3Si/c1-41(2,3)46(35-23-12-6-13-24-35,36-25-14-7-15-26-36)45-39-29-17-27-37-32(18-16-28-38(37)39)30-31-44-40(43)42(33-19-8-4-9-20-33)34-21-10-5-11-22-34/h4-15,17-27,29H,16,28,30-31H2,1-3H3. The van der Waals surface area contributed by atoms with Crippen molar-refractivity contribution in [3.8, 4) is 5.75 Å². The van der Waals surface area contributed by atoms with Crippen LogP contribution in [-0.2, 0) is 11.2 Å². The van der Waals surface area contributed by atoms with Gasteiger partial charge in [0.2, 0.25) is 0 Å². The van der Waals surface area contributed by atoms with Crippen LogP contribution < -0.4 is 19.7 Å². The summed E-state index contributed by atoms with van der Waals surface area (Å²) in [6, 6.07) is 47.2. The molecule has 0 aromatic heterocycles. The van der Waals surface area contributed by atoms with Gasteiger partial charge in [0.1, 0.15) is 5.75 Å². The van der Waals surface area contributed by atoms with Gasteiger partial charge in [-0.15, -0.1) is 0 Å². The zero-order valence-corrected chi connectivity index (χ0v) is 27.9. The SMILES string of the molecule is CC(C)(C)[Si](Oc1cccc2c1CCC=C2CCOC(=O)N(c1ccccc1)c1ccccc1)(c1ccccc1)c1ccccc1. The smallest absolute Gasteiger partial charge is 0.418 e. The number of fused-ring (bicyclic) bond motifs is 1. The lowest BCUT2D eigenvalue weighted by Gasteiger charge is -2.43. The zero-order chi connectivity index (χ0) is 32.0. The van der Waals surface area contributed by atoms with Crippen LogP contribution in [0.2, 0.25) is 5.04 Å². The van der Waals surface area contributed by atoms with Crippen LogP contribution >= 0.6 is 0 Å². The van der Waals surface area contributed by atoms with Gasteiger partial charge >= 0.3 is 14.4 Å². The topological polar surface area (TPSA) is 38.8 Å². The predicted molar refractivity (Wildman–Crippen MR) is 192 cm³/mol. The van der Waals surface area contributed by atoms with Gasteiger partial charge in [-0.2, -0.15) is 0 Å². The summed E-state index contributed by atoms with van der Waals surface area (Å²) in [4.78, 5) is 15.1. The third-order valence-electron chi connectivity index (χ3n) is 8.75. The molecular formula is C41H41NO3Si. The highest BCUT2D eigenvalue weighted by Gasteiger charge is 2.52. The zero-order valence-electron chi connectivity index (χ0n) is 26.9. The van der Waals surface area contributed by atoms with Gasteiger partial charge < -0.3 is 9.16 Å². The molecule has 0 atom stereocenters. The van der Waals surface area contributed by atoms with Crippen molar-refractivity contribution in [2.24, 2.45) is 0 Å². The molecule has 0 N–H and O–H groups in total. The van der Waals surface area contributed by atoms with E-state index in [1.54, 1.807) is 4.90 Å². The minimum absolute atomic E-state index is 0.136. The van der Waals surface area contributed by atoms with Gasteiger partial charge in [0.25, 0.3) is 0 Å². The number of benzene rings is 5. The van der Waals surface area contributed by atoms with E-state index in [0.29, 0.717) is 6.42 Å². The van der Waals surface area contributed by atoms with Gasteiger partial charge in [0.15, 0.2) is 0 Å². The Balaban J connectivity index is 1.27. The van der Waals surface area contributed by atoms with Crippen molar-refractivity contribution in [3.63, 3.8) is 0 Å². The quantitative estimate of drug-likeness (QED) is 0.154. The number of carbonyl (C=O) groups excluding carboxylic acids is 1. The van der Waals surface area contributed by atoms with Crippen molar-refractivity contribution in [1.82, 2.24) is 0 Å². The molecule has 0 saturated heterocycles. The van der Waals surface area contributed by atoms with Crippen molar-refractivity contribution in [2.75, 3.05) is 11.5 Å². The summed E-state index contributed by atoms with van der Waals surface area (Å²) in [5.41, 5.74) is 5.14. The number of ether oxygens (including phenoxy) is 1. The fourth-order valence-electron chi connectivity index (χ4n) is 6.60. The number of anilines is 2. The lowest BCUT2D eigenvalue weighted by Crippen LogP contribution is -2.68. The van der Waals surface area contributed by atoms with Crippen molar-refractivity contribution in [3.05, 3.63) is 157 Å². The average Bonchev–Trinajstić information content (AvgIpc) is 3.09. The van der Waals surface area contributed by atoms with Crippen LogP contribution in [0.15, 0.2) is 146 Å². The van der Waals surface area contributed by atoms with Crippen LogP contribution in [0.4, 0.5) is 16.2 Å². The maximum atomic E-state index is 13.5. The number of amides is 1. The summed E-state index contributed by atoms with van der Waals surface area (Å²) in [5, 5.41) is 2.38. The van der Waals surface area contributed by atoms with E-state index in [9.17, 15) is 4.79 Å². The highest BCUT2D eigenvalue weighted by atomic mass is 28.4. The Morgan fingerprint density at radius 1 is 0.696 bits per heavy atom. The molecule has 5 heteroatoms. The fourth-order valence-corrected chi connectivity index (χ4v) is 11.1. The Labute approximate surface area is 274 Å². The van der Waals surface area contributed by atoms with Gasteiger partial charge in [-0.1, -0.05) is 136 Å².